The Morgan fingerprint density at radius 3 is 1.98 bits per heavy atom. The number of anilines is 2. The second-order valence-electron chi connectivity index (χ2n) is 14.0. The van der Waals surface area contributed by atoms with Gasteiger partial charge in [-0.3, -0.25) is 4.79 Å². The van der Waals surface area contributed by atoms with Gasteiger partial charge in [-0.2, -0.15) is 0 Å². The van der Waals surface area contributed by atoms with E-state index < -0.39 is 0 Å². The molecule has 0 radical (unpaired) electrons. The molecule has 0 unspecified atom stereocenters. The summed E-state index contributed by atoms with van der Waals surface area (Å²) in [6.07, 6.45) is 0. The molecule has 282 valence electrons. The summed E-state index contributed by atoms with van der Waals surface area (Å²) in [5.41, 5.74) is 8.29. The van der Waals surface area contributed by atoms with Gasteiger partial charge in [0.1, 0.15) is 35.6 Å². The number of nitrogens with zero attached hydrogens (tertiary/aromatic N) is 5. The second-order valence-corrected chi connectivity index (χ2v) is 14.0. The molecule has 4 aliphatic rings. The van der Waals surface area contributed by atoms with E-state index in [0.29, 0.717) is 22.3 Å². The van der Waals surface area contributed by atoms with E-state index in [9.17, 15) is 4.79 Å². The van der Waals surface area contributed by atoms with Crippen LogP contribution in [0.5, 0.6) is 0 Å². The van der Waals surface area contributed by atoms with Crippen LogP contribution in [0.15, 0.2) is 123 Å². The van der Waals surface area contributed by atoms with Crippen LogP contribution in [-0.4, -0.2) is 50.2 Å². The van der Waals surface area contributed by atoms with Gasteiger partial charge in [0.15, 0.2) is 11.3 Å². The molecule has 8 nitrogen and oxygen atoms in total. The number of carbonyl (C=O) groups excluding carboxylic acids is 1. The summed E-state index contributed by atoms with van der Waals surface area (Å²) in [4.78, 5) is 29.1. The van der Waals surface area contributed by atoms with Crippen LogP contribution in [0.2, 0.25) is 0 Å². The predicted octanol–water partition coefficient (Wildman–Crippen LogP) is 9.85. The zero-order chi connectivity index (χ0) is 38.9. The van der Waals surface area contributed by atoms with Crippen LogP contribution in [0.4, 0.5) is 11.4 Å². The van der Waals surface area contributed by atoms with E-state index in [-0.39, 0.29) is 5.91 Å². The highest BCUT2D eigenvalue weighted by Gasteiger charge is 2.24. The number of hydrogen-bond donors (Lipinski definition) is 0. The molecule has 0 saturated heterocycles. The maximum Gasteiger partial charge on any atom is 0.278 e. The Morgan fingerprint density at radius 2 is 1.27 bits per heavy atom. The average molecular weight is 743 g/mol. The first-order chi connectivity index (χ1) is 27.4. The SMILES string of the molecule is CCN(CC)c1ccc2nc3c4ccccc4/c(=N\C(=O)c4ccccc4-c4c5ccc(=[N+](CC)CC)cc-5oc5cc(N(CC)CC)ccc45)cc-3oc2c1. The number of benzene rings is 6. The van der Waals surface area contributed by atoms with Crippen LogP contribution >= 0.6 is 0 Å². The van der Waals surface area contributed by atoms with E-state index in [2.05, 4.69) is 98.4 Å². The Kier molecular flexibility index (Phi) is 10.1. The third kappa shape index (κ3) is 6.49. The van der Waals surface area contributed by atoms with Crippen molar-refractivity contribution in [1.82, 2.24) is 9.56 Å². The second kappa shape index (κ2) is 15.5. The number of hydrogen-bond acceptors (Lipinski definition) is 6. The molecule has 2 heterocycles. The fourth-order valence-corrected chi connectivity index (χ4v) is 8.09. The molecule has 0 bridgehead atoms. The normalized spacial score (nSPS) is 12.0. The molecule has 0 fully saturated rings. The van der Waals surface area contributed by atoms with Crippen molar-refractivity contribution in [3.8, 4) is 33.9 Å². The van der Waals surface area contributed by atoms with Gasteiger partial charge in [-0.05, 0) is 83.5 Å². The first kappa shape index (κ1) is 36.7. The van der Waals surface area contributed by atoms with E-state index >= 15 is 0 Å². The first-order valence-corrected chi connectivity index (χ1v) is 19.9. The molecule has 0 aromatic heterocycles. The van der Waals surface area contributed by atoms with Crippen LogP contribution < -0.4 is 25.1 Å². The zero-order valence-corrected chi connectivity index (χ0v) is 33.1. The number of carbonyl (C=O) groups is 1. The van der Waals surface area contributed by atoms with Crippen molar-refractivity contribution in [2.45, 2.75) is 41.5 Å². The topological polar surface area (TPSA) is 78.1 Å². The summed E-state index contributed by atoms with van der Waals surface area (Å²) >= 11 is 0. The minimum absolute atomic E-state index is 0.343. The van der Waals surface area contributed by atoms with Crippen LogP contribution in [-0.2, 0) is 0 Å². The fourth-order valence-electron chi connectivity index (χ4n) is 8.09. The third-order valence-electron chi connectivity index (χ3n) is 11.1. The van der Waals surface area contributed by atoms with Crippen molar-refractivity contribution in [2.75, 3.05) is 49.1 Å². The lowest BCUT2D eigenvalue weighted by molar-refractivity contribution is 0.0999. The standard InChI is InChI=1S/C48H48N5O3/c1-7-51(8-2)31-21-24-38-42(27-31)55-43-28-32(52(9-3)10-4)22-25-39(43)46(38)35-18-14-16-20-37(35)48(54)50-41-30-45-47(36-19-15-13-17-34(36)41)49-40-26-23-33(29-44(40)56-45)53(11-5)12-6/h13-30H,7-12H2,1-6H3/q+1/b50-41-. The summed E-state index contributed by atoms with van der Waals surface area (Å²) in [6.45, 7) is 18.2. The smallest absolute Gasteiger partial charge is 0.278 e. The number of fused-ring (bicyclic) bond motifs is 6. The van der Waals surface area contributed by atoms with Gasteiger partial charge in [-0.25, -0.2) is 14.6 Å². The van der Waals surface area contributed by atoms with Gasteiger partial charge in [0, 0.05) is 94.7 Å². The average Bonchev–Trinajstić information content (AvgIpc) is 3.23. The van der Waals surface area contributed by atoms with Crippen LogP contribution in [0, 0.1) is 0 Å². The number of amides is 1. The molecule has 8 heteroatoms. The molecule has 8 rings (SSSR count). The van der Waals surface area contributed by atoms with E-state index in [1.807, 2.05) is 66.7 Å². The van der Waals surface area contributed by atoms with Gasteiger partial charge in [-0.15, -0.1) is 0 Å². The Hall–Kier alpha value is -6.28. The Bertz CT molecular complexity index is 2820. The van der Waals surface area contributed by atoms with E-state index in [0.717, 1.165) is 111 Å². The van der Waals surface area contributed by atoms with Crippen LogP contribution in [0.25, 0.3) is 66.7 Å². The number of rotatable bonds is 10. The zero-order valence-electron chi connectivity index (χ0n) is 33.1. The summed E-state index contributed by atoms with van der Waals surface area (Å²) in [7, 11) is 0. The summed E-state index contributed by atoms with van der Waals surface area (Å²) in [5.74, 6) is 0.991. The van der Waals surface area contributed by atoms with Gasteiger partial charge in [0.05, 0.1) is 11.4 Å². The third-order valence-corrected chi connectivity index (χ3v) is 11.1. The summed E-state index contributed by atoms with van der Waals surface area (Å²) < 4.78 is 15.6. The van der Waals surface area contributed by atoms with Crippen molar-refractivity contribution >= 4 is 50.1 Å². The van der Waals surface area contributed by atoms with Gasteiger partial charge < -0.3 is 18.6 Å². The lowest BCUT2D eigenvalue weighted by atomic mass is 9.90. The molecule has 56 heavy (non-hydrogen) atoms. The minimum atomic E-state index is -0.343. The molecule has 0 spiro atoms. The molecule has 0 N–H and O–H groups in total. The first-order valence-electron chi connectivity index (χ1n) is 19.9. The van der Waals surface area contributed by atoms with Crippen molar-refractivity contribution < 1.29 is 13.6 Å². The lowest BCUT2D eigenvalue weighted by Gasteiger charge is -2.22. The monoisotopic (exact) mass is 742 g/mol. The van der Waals surface area contributed by atoms with Gasteiger partial charge in [0.25, 0.3) is 5.91 Å². The van der Waals surface area contributed by atoms with Gasteiger partial charge in [0.2, 0.25) is 5.36 Å². The molecule has 0 atom stereocenters. The molecule has 0 saturated carbocycles. The summed E-state index contributed by atoms with van der Waals surface area (Å²) in [6, 6.07) is 36.5. The van der Waals surface area contributed by atoms with Crippen molar-refractivity contribution in [1.29, 1.82) is 0 Å². The highest BCUT2D eigenvalue weighted by molar-refractivity contribution is 6.10. The number of aromatic nitrogens is 1. The molecule has 1 amide bonds. The maximum absolute atomic E-state index is 14.6. The lowest BCUT2D eigenvalue weighted by Crippen LogP contribution is -2.29. The maximum atomic E-state index is 14.6. The molecule has 4 aromatic carbocycles. The Labute approximate surface area is 327 Å². The summed E-state index contributed by atoms with van der Waals surface area (Å²) in [5, 5.41) is 4.26. The molecular weight excluding hydrogens is 695 g/mol. The van der Waals surface area contributed by atoms with Crippen molar-refractivity contribution in [3.05, 3.63) is 125 Å². The molecule has 4 aromatic rings. The van der Waals surface area contributed by atoms with Crippen LogP contribution in [0.1, 0.15) is 51.9 Å². The quantitative estimate of drug-likeness (QED) is 0.0789. The molecule has 2 aliphatic carbocycles. The Balaban J connectivity index is 1.34. The molecular formula is C48H48N5O3+. The van der Waals surface area contributed by atoms with Gasteiger partial charge in [-0.1, -0.05) is 42.5 Å². The van der Waals surface area contributed by atoms with E-state index in [4.69, 9.17) is 18.8 Å². The van der Waals surface area contributed by atoms with Crippen LogP contribution in [0.3, 0.4) is 0 Å². The van der Waals surface area contributed by atoms with Crippen molar-refractivity contribution in [2.24, 2.45) is 4.99 Å². The van der Waals surface area contributed by atoms with Crippen molar-refractivity contribution in [3.63, 3.8) is 0 Å². The highest BCUT2D eigenvalue weighted by atomic mass is 16.3. The minimum Gasteiger partial charge on any atom is -0.456 e. The fraction of sp³-hybridized carbons (Fsp3) is 0.250. The largest absolute Gasteiger partial charge is 0.456 e. The van der Waals surface area contributed by atoms with E-state index in [1.54, 1.807) is 0 Å². The Morgan fingerprint density at radius 1 is 0.625 bits per heavy atom. The van der Waals surface area contributed by atoms with Gasteiger partial charge >= 0.3 is 0 Å². The molecule has 2 aliphatic heterocycles. The predicted molar refractivity (Wildman–Crippen MR) is 230 cm³/mol. The van der Waals surface area contributed by atoms with E-state index in [1.165, 1.54) is 0 Å². The highest BCUT2D eigenvalue weighted by Crippen LogP contribution is 2.42.